The van der Waals surface area contributed by atoms with Crippen molar-refractivity contribution in [3.05, 3.63) is 0 Å². The fourth-order valence-corrected chi connectivity index (χ4v) is 0.952. The molecule has 1 heterocycles. The maximum absolute atomic E-state index is 12.5. The van der Waals surface area contributed by atoms with E-state index >= 15 is 0 Å². The fourth-order valence-electron chi connectivity index (χ4n) is 0.952. The highest BCUT2D eigenvalue weighted by Gasteiger charge is 2.18. The number of hydrogen-bond donors (Lipinski definition) is 1. The average Bonchev–Trinajstić information content (AvgIpc) is 1.77. The summed E-state index contributed by atoms with van der Waals surface area (Å²) in [6, 6.07) is 0. The summed E-state index contributed by atoms with van der Waals surface area (Å²) in [6.07, 6.45) is 0.380. The SMILES string of the molecule is CC1CCNCC1F. The summed E-state index contributed by atoms with van der Waals surface area (Å²) >= 11 is 0. The van der Waals surface area contributed by atoms with E-state index in [4.69, 9.17) is 0 Å². The van der Waals surface area contributed by atoms with Crippen LogP contribution in [-0.2, 0) is 0 Å². The molecule has 0 amide bonds. The lowest BCUT2D eigenvalue weighted by molar-refractivity contribution is 0.194. The standard InChI is InChI=1S/C6H12FN/c1-5-2-3-8-4-6(5)7/h5-6,8H,2-4H2,1H3. The van der Waals surface area contributed by atoms with E-state index < -0.39 is 6.17 Å². The number of halogens is 1. The van der Waals surface area contributed by atoms with Crippen molar-refractivity contribution in [2.75, 3.05) is 13.1 Å². The summed E-state index contributed by atoms with van der Waals surface area (Å²) in [5.41, 5.74) is 0. The van der Waals surface area contributed by atoms with Crippen molar-refractivity contribution in [3.63, 3.8) is 0 Å². The molecule has 2 heteroatoms. The lowest BCUT2D eigenvalue weighted by atomic mass is 9.99. The first-order valence-corrected chi connectivity index (χ1v) is 3.15. The predicted molar refractivity (Wildman–Crippen MR) is 31.5 cm³/mol. The van der Waals surface area contributed by atoms with Gasteiger partial charge in [-0.3, -0.25) is 0 Å². The molecule has 48 valence electrons. The van der Waals surface area contributed by atoms with Crippen LogP contribution in [0.1, 0.15) is 13.3 Å². The molecule has 1 fully saturated rings. The lowest BCUT2D eigenvalue weighted by Gasteiger charge is -2.22. The first-order chi connectivity index (χ1) is 3.80. The summed E-state index contributed by atoms with van der Waals surface area (Å²) in [6.45, 7) is 3.51. The molecule has 1 aliphatic heterocycles. The van der Waals surface area contributed by atoms with Crippen molar-refractivity contribution in [1.82, 2.24) is 5.32 Å². The zero-order chi connectivity index (χ0) is 5.98. The zero-order valence-corrected chi connectivity index (χ0v) is 5.15. The Hall–Kier alpha value is -0.110. The van der Waals surface area contributed by atoms with E-state index in [0.717, 1.165) is 13.0 Å². The topological polar surface area (TPSA) is 12.0 Å². The second-order valence-corrected chi connectivity index (χ2v) is 2.49. The number of hydrogen-bond acceptors (Lipinski definition) is 1. The molecule has 2 atom stereocenters. The molecule has 1 N–H and O–H groups in total. The van der Waals surface area contributed by atoms with Gasteiger partial charge in [0.15, 0.2) is 0 Å². The van der Waals surface area contributed by atoms with Gasteiger partial charge in [0.25, 0.3) is 0 Å². The Balaban J connectivity index is 2.28. The first kappa shape index (κ1) is 6.02. The normalized spacial score (nSPS) is 39.8. The van der Waals surface area contributed by atoms with Gasteiger partial charge in [-0.2, -0.15) is 0 Å². The quantitative estimate of drug-likeness (QED) is 0.498. The summed E-state index contributed by atoms with van der Waals surface area (Å²) < 4.78 is 12.5. The minimum atomic E-state index is -0.608. The maximum Gasteiger partial charge on any atom is 0.115 e. The van der Waals surface area contributed by atoms with E-state index in [1.54, 1.807) is 0 Å². The number of nitrogens with one attached hydrogen (secondary N) is 1. The molecule has 1 nitrogen and oxygen atoms in total. The van der Waals surface area contributed by atoms with Gasteiger partial charge in [0.05, 0.1) is 0 Å². The van der Waals surface area contributed by atoms with Crippen LogP contribution >= 0.6 is 0 Å². The molecule has 0 spiro atoms. The second kappa shape index (κ2) is 2.44. The third kappa shape index (κ3) is 1.19. The maximum atomic E-state index is 12.5. The van der Waals surface area contributed by atoms with Crippen LogP contribution in [0.3, 0.4) is 0 Å². The van der Waals surface area contributed by atoms with Crippen molar-refractivity contribution in [1.29, 1.82) is 0 Å². The molecule has 0 bridgehead atoms. The van der Waals surface area contributed by atoms with Gasteiger partial charge in [0.1, 0.15) is 6.17 Å². The molecule has 0 aromatic rings. The minimum absolute atomic E-state index is 0.274. The Kier molecular flexibility index (Phi) is 1.84. The Labute approximate surface area is 49.3 Å². The van der Waals surface area contributed by atoms with Crippen LogP contribution in [-0.4, -0.2) is 19.3 Å². The highest BCUT2D eigenvalue weighted by molar-refractivity contribution is 4.73. The highest BCUT2D eigenvalue weighted by Crippen LogP contribution is 2.13. The Morgan fingerprint density at radius 2 is 2.38 bits per heavy atom. The molecule has 0 aliphatic carbocycles. The second-order valence-electron chi connectivity index (χ2n) is 2.49. The van der Waals surface area contributed by atoms with Crippen LogP contribution < -0.4 is 5.32 Å². The summed E-state index contributed by atoms with van der Waals surface area (Å²) in [5, 5.41) is 2.99. The number of piperidine rings is 1. The van der Waals surface area contributed by atoms with Gasteiger partial charge in [-0.25, -0.2) is 4.39 Å². The van der Waals surface area contributed by atoms with Gasteiger partial charge in [0, 0.05) is 6.54 Å². The van der Waals surface area contributed by atoms with Crippen LogP contribution in [0.25, 0.3) is 0 Å². The minimum Gasteiger partial charge on any atom is -0.314 e. The highest BCUT2D eigenvalue weighted by atomic mass is 19.1. The van der Waals surface area contributed by atoms with Gasteiger partial charge in [-0.1, -0.05) is 6.92 Å². The zero-order valence-electron chi connectivity index (χ0n) is 5.15. The summed E-state index contributed by atoms with van der Waals surface area (Å²) in [4.78, 5) is 0. The first-order valence-electron chi connectivity index (χ1n) is 3.15. The van der Waals surface area contributed by atoms with Crippen LogP contribution in [0, 0.1) is 5.92 Å². The van der Waals surface area contributed by atoms with E-state index in [2.05, 4.69) is 5.32 Å². The van der Waals surface area contributed by atoms with Gasteiger partial charge in [0.2, 0.25) is 0 Å². The number of rotatable bonds is 0. The van der Waals surface area contributed by atoms with Gasteiger partial charge in [-0.05, 0) is 18.9 Å². The largest absolute Gasteiger partial charge is 0.314 e. The average molecular weight is 117 g/mol. The molecule has 0 aromatic carbocycles. The Morgan fingerprint density at radius 1 is 1.62 bits per heavy atom. The smallest absolute Gasteiger partial charge is 0.115 e. The fraction of sp³-hybridized carbons (Fsp3) is 1.00. The van der Waals surface area contributed by atoms with Gasteiger partial charge < -0.3 is 5.32 Å². The molecule has 1 saturated heterocycles. The van der Waals surface area contributed by atoms with E-state index in [9.17, 15) is 4.39 Å². The molecule has 2 unspecified atom stereocenters. The van der Waals surface area contributed by atoms with Crippen LogP contribution in [0.15, 0.2) is 0 Å². The van der Waals surface area contributed by atoms with E-state index in [1.165, 1.54) is 0 Å². The molecule has 0 saturated carbocycles. The van der Waals surface area contributed by atoms with E-state index in [1.807, 2.05) is 6.92 Å². The molecule has 1 rings (SSSR count). The predicted octanol–water partition coefficient (Wildman–Crippen LogP) is 0.954. The molecule has 1 aliphatic rings. The van der Waals surface area contributed by atoms with Crippen molar-refractivity contribution >= 4 is 0 Å². The van der Waals surface area contributed by atoms with Gasteiger partial charge in [-0.15, -0.1) is 0 Å². The monoisotopic (exact) mass is 117 g/mol. The van der Waals surface area contributed by atoms with Crippen molar-refractivity contribution in [2.45, 2.75) is 19.5 Å². The van der Waals surface area contributed by atoms with Crippen LogP contribution in [0.2, 0.25) is 0 Å². The van der Waals surface area contributed by atoms with E-state index in [-0.39, 0.29) is 5.92 Å². The molecule has 0 aromatic heterocycles. The Bertz CT molecular complexity index is 64.9. The molecular formula is C6H12FN. The van der Waals surface area contributed by atoms with Crippen molar-refractivity contribution in [3.8, 4) is 0 Å². The number of alkyl halides is 1. The lowest BCUT2D eigenvalue weighted by Crippen LogP contribution is -2.36. The van der Waals surface area contributed by atoms with E-state index in [0.29, 0.717) is 6.54 Å². The third-order valence-electron chi connectivity index (χ3n) is 1.73. The summed E-state index contributed by atoms with van der Waals surface area (Å²) in [7, 11) is 0. The Morgan fingerprint density at radius 3 is 2.75 bits per heavy atom. The van der Waals surface area contributed by atoms with Crippen LogP contribution in [0.5, 0.6) is 0 Å². The van der Waals surface area contributed by atoms with Gasteiger partial charge >= 0.3 is 0 Å². The molecule has 0 radical (unpaired) electrons. The molecular weight excluding hydrogens is 105 g/mol. The molecule has 8 heavy (non-hydrogen) atoms. The van der Waals surface area contributed by atoms with Crippen molar-refractivity contribution < 1.29 is 4.39 Å². The summed E-state index contributed by atoms with van der Waals surface area (Å²) in [5.74, 6) is 0.274. The van der Waals surface area contributed by atoms with Crippen LogP contribution in [0.4, 0.5) is 4.39 Å². The van der Waals surface area contributed by atoms with Crippen molar-refractivity contribution in [2.24, 2.45) is 5.92 Å². The third-order valence-corrected chi connectivity index (χ3v) is 1.73.